The van der Waals surface area contributed by atoms with Crippen molar-refractivity contribution in [2.75, 3.05) is 6.54 Å². The third-order valence-corrected chi connectivity index (χ3v) is 2.71. The molecule has 0 aliphatic carbocycles. The fraction of sp³-hybridized carbons (Fsp3) is 0.778. The minimum atomic E-state index is -0.914. The highest BCUT2D eigenvalue weighted by molar-refractivity contribution is 7.81. The summed E-state index contributed by atoms with van der Waals surface area (Å²) in [5, 5.41) is 8.94. The maximum Gasteiger partial charge on any atom is 0.326 e. The smallest absolute Gasteiger partial charge is 0.326 e. The molecule has 1 fully saturated rings. The van der Waals surface area contributed by atoms with Crippen LogP contribution < -0.4 is 0 Å². The minimum Gasteiger partial charge on any atom is -0.480 e. The summed E-state index contributed by atoms with van der Waals surface area (Å²) in [4.78, 5) is 23.8. The molecular formula is C9H15NO3S. The molecule has 0 aromatic rings. The fourth-order valence-electron chi connectivity index (χ4n) is 1.70. The summed E-state index contributed by atoms with van der Waals surface area (Å²) >= 11 is 4.19. The number of hydrogen-bond acceptors (Lipinski definition) is 3. The Kier molecular flexibility index (Phi) is 3.80. The van der Waals surface area contributed by atoms with Crippen LogP contribution in [0.4, 0.5) is 0 Å². The average molecular weight is 217 g/mol. The number of hydrogen-bond donors (Lipinski definition) is 2. The largest absolute Gasteiger partial charge is 0.480 e. The Morgan fingerprint density at radius 2 is 2.43 bits per heavy atom. The summed E-state index contributed by atoms with van der Waals surface area (Å²) in [6.07, 6.45) is 1.64. The molecule has 80 valence electrons. The van der Waals surface area contributed by atoms with Crippen LogP contribution in [0.1, 0.15) is 26.2 Å². The normalized spacial score (nSPS) is 24.0. The zero-order chi connectivity index (χ0) is 10.7. The highest BCUT2D eigenvalue weighted by atomic mass is 32.1. The fourth-order valence-corrected chi connectivity index (χ4v) is 2.03. The first-order chi connectivity index (χ1) is 6.56. The maximum atomic E-state index is 11.4. The Morgan fingerprint density at radius 1 is 1.79 bits per heavy atom. The molecule has 0 saturated carbocycles. The minimum absolute atomic E-state index is 0.0128. The second kappa shape index (κ2) is 4.68. The van der Waals surface area contributed by atoms with Crippen molar-refractivity contribution in [2.24, 2.45) is 0 Å². The van der Waals surface area contributed by atoms with E-state index in [2.05, 4.69) is 12.6 Å². The molecule has 1 aliphatic rings. The van der Waals surface area contributed by atoms with Crippen LogP contribution in [0.5, 0.6) is 0 Å². The van der Waals surface area contributed by atoms with Crippen molar-refractivity contribution in [2.45, 2.75) is 37.5 Å². The standard InChI is InChI=1S/C9H15NO3S/c1-2-3-7(9(12)13)10-5-6(14)4-8(10)11/h6-7,14H,2-5H2,1H3,(H,12,13). The van der Waals surface area contributed by atoms with Gasteiger partial charge in [-0.15, -0.1) is 0 Å². The molecule has 1 amide bonds. The van der Waals surface area contributed by atoms with Crippen molar-refractivity contribution >= 4 is 24.5 Å². The summed E-state index contributed by atoms with van der Waals surface area (Å²) in [6.45, 7) is 2.37. The predicted octanol–water partition coefficient (Wildman–Crippen LogP) is 0.770. The Hall–Kier alpha value is -0.710. The molecular weight excluding hydrogens is 202 g/mol. The van der Waals surface area contributed by atoms with Gasteiger partial charge in [0.1, 0.15) is 6.04 Å². The highest BCUT2D eigenvalue weighted by Gasteiger charge is 2.35. The second-order valence-electron chi connectivity index (χ2n) is 3.55. The molecule has 2 atom stereocenters. The molecule has 0 aromatic heterocycles. The number of thiol groups is 1. The lowest BCUT2D eigenvalue weighted by molar-refractivity contribution is -0.148. The summed E-state index contributed by atoms with van der Waals surface area (Å²) in [6, 6.07) is -0.662. The molecule has 4 nitrogen and oxygen atoms in total. The quantitative estimate of drug-likeness (QED) is 0.684. The van der Waals surface area contributed by atoms with E-state index in [1.165, 1.54) is 4.90 Å². The van der Waals surface area contributed by atoms with Crippen molar-refractivity contribution in [1.82, 2.24) is 4.90 Å². The van der Waals surface area contributed by atoms with Crippen LogP contribution in [0.3, 0.4) is 0 Å². The van der Waals surface area contributed by atoms with Crippen LogP contribution in [-0.4, -0.2) is 39.7 Å². The predicted molar refractivity (Wildman–Crippen MR) is 55.4 cm³/mol. The molecule has 0 spiro atoms. The van der Waals surface area contributed by atoms with Crippen LogP contribution in [0, 0.1) is 0 Å². The Morgan fingerprint density at radius 3 is 2.79 bits per heavy atom. The van der Waals surface area contributed by atoms with Crippen LogP contribution in [0.15, 0.2) is 0 Å². The van der Waals surface area contributed by atoms with Crippen LogP contribution in [0.2, 0.25) is 0 Å². The Bertz CT molecular complexity index is 244. The van der Waals surface area contributed by atoms with Gasteiger partial charge in [-0.25, -0.2) is 4.79 Å². The Labute approximate surface area is 88.7 Å². The third-order valence-electron chi connectivity index (χ3n) is 2.36. The van der Waals surface area contributed by atoms with Gasteiger partial charge < -0.3 is 10.0 Å². The molecule has 1 rings (SSSR count). The van der Waals surface area contributed by atoms with Crippen molar-refractivity contribution in [3.63, 3.8) is 0 Å². The number of rotatable bonds is 4. The lowest BCUT2D eigenvalue weighted by Crippen LogP contribution is -2.42. The molecule has 1 aliphatic heterocycles. The number of nitrogens with zero attached hydrogens (tertiary/aromatic N) is 1. The van der Waals surface area contributed by atoms with Crippen LogP contribution >= 0.6 is 12.6 Å². The first-order valence-corrected chi connectivity index (χ1v) is 5.28. The lowest BCUT2D eigenvalue weighted by atomic mass is 10.1. The number of likely N-dealkylation sites (tertiary alicyclic amines) is 1. The van der Waals surface area contributed by atoms with Crippen LogP contribution in [0.25, 0.3) is 0 Å². The van der Waals surface area contributed by atoms with Gasteiger partial charge in [0.2, 0.25) is 5.91 Å². The maximum absolute atomic E-state index is 11.4. The number of carbonyl (C=O) groups excluding carboxylic acids is 1. The van der Waals surface area contributed by atoms with E-state index >= 15 is 0 Å². The van der Waals surface area contributed by atoms with E-state index in [0.29, 0.717) is 19.4 Å². The summed E-state index contributed by atoms with van der Waals surface area (Å²) in [5.74, 6) is -1.01. The zero-order valence-corrected chi connectivity index (χ0v) is 9.04. The first kappa shape index (κ1) is 11.4. The van der Waals surface area contributed by atoms with E-state index in [9.17, 15) is 9.59 Å². The van der Waals surface area contributed by atoms with Gasteiger partial charge in [0.05, 0.1) is 0 Å². The van der Waals surface area contributed by atoms with E-state index in [1.54, 1.807) is 0 Å². The van der Waals surface area contributed by atoms with Gasteiger partial charge >= 0.3 is 5.97 Å². The van der Waals surface area contributed by atoms with Crippen molar-refractivity contribution in [3.8, 4) is 0 Å². The summed E-state index contributed by atoms with van der Waals surface area (Å²) in [7, 11) is 0. The van der Waals surface area contributed by atoms with E-state index in [4.69, 9.17) is 5.11 Å². The number of aliphatic carboxylic acids is 1. The zero-order valence-electron chi connectivity index (χ0n) is 8.14. The number of carboxylic acid groups (broad SMARTS) is 1. The van der Waals surface area contributed by atoms with Gasteiger partial charge in [-0.05, 0) is 6.42 Å². The molecule has 0 radical (unpaired) electrons. The third kappa shape index (κ3) is 2.41. The van der Waals surface area contributed by atoms with E-state index in [-0.39, 0.29) is 11.2 Å². The van der Waals surface area contributed by atoms with Gasteiger partial charge in [0, 0.05) is 18.2 Å². The average Bonchev–Trinajstić information content (AvgIpc) is 2.40. The SMILES string of the molecule is CCCC(C(=O)O)N1CC(S)CC1=O. The first-order valence-electron chi connectivity index (χ1n) is 4.76. The molecule has 14 heavy (non-hydrogen) atoms. The van der Waals surface area contributed by atoms with Gasteiger partial charge in [0.15, 0.2) is 0 Å². The topological polar surface area (TPSA) is 57.6 Å². The monoisotopic (exact) mass is 217 g/mol. The highest BCUT2D eigenvalue weighted by Crippen LogP contribution is 2.20. The second-order valence-corrected chi connectivity index (χ2v) is 4.28. The lowest BCUT2D eigenvalue weighted by Gasteiger charge is -2.23. The summed E-state index contributed by atoms with van der Waals surface area (Å²) in [5.41, 5.74) is 0. The molecule has 1 heterocycles. The van der Waals surface area contributed by atoms with Crippen LogP contribution in [-0.2, 0) is 9.59 Å². The van der Waals surface area contributed by atoms with Crippen molar-refractivity contribution in [3.05, 3.63) is 0 Å². The number of carbonyl (C=O) groups is 2. The molecule has 2 unspecified atom stereocenters. The number of amides is 1. The Balaban J connectivity index is 2.68. The summed E-state index contributed by atoms with van der Waals surface area (Å²) < 4.78 is 0. The molecule has 1 N–H and O–H groups in total. The molecule has 5 heteroatoms. The van der Waals surface area contributed by atoms with Gasteiger partial charge in [-0.3, -0.25) is 4.79 Å². The molecule has 0 aromatic carbocycles. The molecule has 0 bridgehead atoms. The van der Waals surface area contributed by atoms with Crippen molar-refractivity contribution < 1.29 is 14.7 Å². The van der Waals surface area contributed by atoms with E-state index in [0.717, 1.165) is 6.42 Å². The van der Waals surface area contributed by atoms with Gasteiger partial charge in [-0.2, -0.15) is 12.6 Å². The van der Waals surface area contributed by atoms with Gasteiger partial charge in [-0.1, -0.05) is 13.3 Å². The number of carboxylic acids is 1. The molecule has 1 saturated heterocycles. The van der Waals surface area contributed by atoms with E-state index in [1.807, 2.05) is 6.92 Å². The van der Waals surface area contributed by atoms with Gasteiger partial charge in [0.25, 0.3) is 0 Å². The van der Waals surface area contributed by atoms with E-state index < -0.39 is 12.0 Å². The van der Waals surface area contributed by atoms with Crippen molar-refractivity contribution in [1.29, 1.82) is 0 Å².